The van der Waals surface area contributed by atoms with Crippen LogP contribution in [0.15, 0.2) is 114 Å². The van der Waals surface area contributed by atoms with Crippen LogP contribution < -0.4 is 10.3 Å². The van der Waals surface area contributed by atoms with E-state index in [1.807, 2.05) is 60.7 Å². The molecule has 1 aromatic heterocycles. The Bertz CT molecular complexity index is 1340. The number of aliphatic hydroxyl groups is 1. The van der Waals surface area contributed by atoms with E-state index in [0.29, 0.717) is 23.9 Å². The van der Waals surface area contributed by atoms with Gasteiger partial charge in [-0.25, -0.2) is 0 Å². The number of rotatable bonds is 8. The summed E-state index contributed by atoms with van der Waals surface area (Å²) in [5.41, 5.74) is 4.26. The molecule has 4 nitrogen and oxygen atoms in total. The Hall–Kier alpha value is -3.73. The van der Waals surface area contributed by atoms with Gasteiger partial charge in [-0.2, -0.15) is 0 Å². The molecule has 0 amide bonds. The molecule has 0 radical (unpaired) electrons. The Labute approximate surface area is 199 Å². The van der Waals surface area contributed by atoms with Crippen molar-refractivity contribution >= 4 is 21.8 Å². The highest BCUT2D eigenvalue weighted by Gasteiger charge is 2.19. The first-order chi connectivity index (χ1) is 16.7. The fourth-order valence-electron chi connectivity index (χ4n) is 4.86. The van der Waals surface area contributed by atoms with Crippen LogP contribution in [0.2, 0.25) is 0 Å². The highest BCUT2D eigenvalue weighted by Crippen LogP contribution is 2.19. The summed E-state index contributed by atoms with van der Waals surface area (Å²) < 4.78 is 2.10. The van der Waals surface area contributed by atoms with E-state index in [1.54, 1.807) is 0 Å². The number of fused-ring (bicyclic) bond motifs is 2. The maximum absolute atomic E-state index is 13.0. The van der Waals surface area contributed by atoms with Crippen LogP contribution in [0.3, 0.4) is 0 Å². The lowest BCUT2D eigenvalue weighted by molar-refractivity contribution is -0.930. The van der Waals surface area contributed by atoms with Crippen molar-refractivity contribution < 1.29 is 10.0 Å². The largest absolute Gasteiger partial charge is 0.385 e. The average Bonchev–Trinajstić information content (AvgIpc) is 2.88. The van der Waals surface area contributed by atoms with Crippen LogP contribution in [-0.4, -0.2) is 22.3 Å². The van der Waals surface area contributed by atoms with Gasteiger partial charge in [-0.05, 0) is 24.3 Å². The van der Waals surface area contributed by atoms with E-state index in [-0.39, 0.29) is 5.43 Å². The number of nitrogens with one attached hydrogen (secondary N) is 1. The molecule has 2 N–H and O–H groups in total. The molecule has 4 heteroatoms. The summed E-state index contributed by atoms with van der Waals surface area (Å²) >= 11 is 0. The van der Waals surface area contributed by atoms with Gasteiger partial charge in [0.15, 0.2) is 5.43 Å². The van der Waals surface area contributed by atoms with E-state index < -0.39 is 6.10 Å². The number of nitrogens with zero attached hydrogens (tertiary/aromatic N) is 1. The highest BCUT2D eigenvalue weighted by molar-refractivity contribution is 5.93. The van der Waals surface area contributed by atoms with Crippen molar-refractivity contribution in [3.63, 3.8) is 0 Å². The van der Waals surface area contributed by atoms with E-state index in [4.69, 9.17) is 0 Å². The molecule has 0 fully saturated rings. The fourth-order valence-corrected chi connectivity index (χ4v) is 4.86. The summed E-state index contributed by atoms with van der Waals surface area (Å²) in [7, 11) is 0. The first-order valence-electron chi connectivity index (χ1n) is 11.8. The quantitative estimate of drug-likeness (QED) is 0.354. The van der Waals surface area contributed by atoms with Crippen LogP contribution >= 0.6 is 0 Å². The maximum atomic E-state index is 13.0. The normalized spacial score (nSPS) is 12.4. The lowest BCUT2D eigenvalue weighted by atomic mass is 10.1. The smallest absolute Gasteiger partial charge is 0.197 e. The number of quaternary nitrogens is 1. The van der Waals surface area contributed by atoms with Crippen LogP contribution in [0.5, 0.6) is 0 Å². The zero-order chi connectivity index (χ0) is 23.3. The topological polar surface area (TPSA) is 46.7 Å². The highest BCUT2D eigenvalue weighted by atomic mass is 16.3. The number of pyridine rings is 1. The second kappa shape index (κ2) is 10.0. The van der Waals surface area contributed by atoms with E-state index >= 15 is 0 Å². The first-order valence-corrected chi connectivity index (χ1v) is 11.8. The number of aliphatic hydroxyl groups excluding tert-OH is 1. The van der Waals surface area contributed by atoms with Gasteiger partial charge in [-0.1, -0.05) is 84.9 Å². The molecule has 0 aliphatic heterocycles. The number of benzene rings is 4. The van der Waals surface area contributed by atoms with Gasteiger partial charge < -0.3 is 14.6 Å². The molecule has 5 rings (SSSR count). The molecular formula is C30H29N2O2+. The molecule has 1 heterocycles. The van der Waals surface area contributed by atoms with Crippen LogP contribution in [0.25, 0.3) is 21.8 Å². The Kier molecular flexibility index (Phi) is 6.52. The number of hydrogen-bond acceptors (Lipinski definition) is 2. The summed E-state index contributed by atoms with van der Waals surface area (Å²) in [6.45, 7) is 2.68. The fraction of sp³-hybridized carbons (Fsp3) is 0.167. The third kappa shape index (κ3) is 4.79. The number of aromatic nitrogens is 1. The van der Waals surface area contributed by atoms with E-state index in [0.717, 1.165) is 24.1 Å². The van der Waals surface area contributed by atoms with Gasteiger partial charge >= 0.3 is 0 Å². The van der Waals surface area contributed by atoms with Crippen LogP contribution in [-0.2, 0) is 19.6 Å². The molecular weight excluding hydrogens is 420 g/mol. The molecule has 0 saturated carbocycles. The SMILES string of the molecule is O=c1c2ccccc2n(C[C@H](O)C[NH+](Cc2ccccc2)Cc2ccccc2)c2ccccc12. The van der Waals surface area contributed by atoms with Crippen LogP contribution in [0.1, 0.15) is 11.1 Å². The molecule has 4 aromatic carbocycles. The van der Waals surface area contributed by atoms with E-state index in [9.17, 15) is 9.90 Å². The second-order valence-corrected chi connectivity index (χ2v) is 8.91. The van der Waals surface area contributed by atoms with Crippen molar-refractivity contribution in [2.75, 3.05) is 6.54 Å². The first kappa shape index (κ1) is 22.1. The Morgan fingerprint density at radius 3 is 1.59 bits per heavy atom. The summed E-state index contributed by atoms with van der Waals surface area (Å²) in [4.78, 5) is 14.3. The molecule has 0 aliphatic carbocycles. The molecule has 34 heavy (non-hydrogen) atoms. The molecule has 0 aliphatic rings. The standard InChI is InChI=1S/C30H28N2O2/c33-25(21-31(19-23-11-3-1-4-12-23)20-24-13-5-2-6-14-24)22-32-28-17-9-7-15-26(28)30(34)27-16-8-10-18-29(27)32/h1-18,25,33H,19-22H2/p+1/t25-/m1/s1. The van der Waals surface area contributed by atoms with Gasteiger partial charge in [-0.3, -0.25) is 4.79 Å². The van der Waals surface area contributed by atoms with Crippen molar-refractivity contribution in [3.8, 4) is 0 Å². The van der Waals surface area contributed by atoms with Crippen molar-refractivity contribution in [2.45, 2.75) is 25.7 Å². The minimum Gasteiger partial charge on any atom is -0.385 e. The lowest BCUT2D eigenvalue weighted by Crippen LogP contribution is -3.10. The van der Waals surface area contributed by atoms with Crippen molar-refractivity contribution in [1.82, 2.24) is 4.57 Å². The lowest BCUT2D eigenvalue weighted by Gasteiger charge is -2.24. The van der Waals surface area contributed by atoms with Gasteiger partial charge in [0.05, 0.1) is 17.6 Å². The second-order valence-electron chi connectivity index (χ2n) is 8.91. The predicted octanol–water partition coefficient (Wildman–Crippen LogP) is 3.80. The van der Waals surface area contributed by atoms with Gasteiger partial charge in [0, 0.05) is 21.9 Å². The zero-order valence-electron chi connectivity index (χ0n) is 19.1. The van der Waals surface area contributed by atoms with E-state index in [2.05, 4.69) is 53.1 Å². The van der Waals surface area contributed by atoms with Crippen molar-refractivity contribution in [3.05, 3.63) is 131 Å². The maximum Gasteiger partial charge on any atom is 0.197 e. The van der Waals surface area contributed by atoms with Gasteiger partial charge in [0.25, 0.3) is 0 Å². The van der Waals surface area contributed by atoms with Crippen LogP contribution in [0, 0.1) is 0 Å². The third-order valence-electron chi connectivity index (χ3n) is 6.39. The number of hydrogen-bond donors (Lipinski definition) is 2. The zero-order valence-corrected chi connectivity index (χ0v) is 19.1. The van der Waals surface area contributed by atoms with Crippen LogP contribution in [0.4, 0.5) is 0 Å². The van der Waals surface area contributed by atoms with Crippen molar-refractivity contribution in [2.24, 2.45) is 0 Å². The number of para-hydroxylation sites is 2. The summed E-state index contributed by atoms with van der Waals surface area (Å²) in [5, 5.41) is 12.7. The summed E-state index contributed by atoms with van der Waals surface area (Å²) in [6.07, 6.45) is -0.572. The molecule has 0 unspecified atom stereocenters. The van der Waals surface area contributed by atoms with Gasteiger partial charge in [0.1, 0.15) is 25.7 Å². The monoisotopic (exact) mass is 449 g/mol. The minimum atomic E-state index is -0.572. The predicted molar refractivity (Wildman–Crippen MR) is 138 cm³/mol. The van der Waals surface area contributed by atoms with Gasteiger partial charge in [-0.15, -0.1) is 0 Å². The third-order valence-corrected chi connectivity index (χ3v) is 6.39. The Morgan fingerprint density at radius 2 is 1.09 bits per heavy atom. The average molecular weight is 450 g/mol. The Balaban J connectivity index is 1.45. The Morgan fingerprint density at radius 1 is 0.647 bits per heavy atom. The van der Waals surface area contributed by atoms with Crippen molar-refractivity contribution in [1.29, 1.82) is 0 Å². The summed E-state index contributed by atoms with van der Waals surface area (Å²) in [6, 6.07) is 36.2. The molecule has 1 atom stereocenters. The molecule has 0 spiro atoms. The molecule has 0 saturated heterocycles. The minimum absolute atomic E-state index is 0.0392. The summed E-state index contributed by atoms with van der Waals surface area (Å²) in [5.74, 6) is 0. The molecule has 0 bridgehead atoms. The molecule has 5 aromatic rings. The van der Waals surface area contributed by atoms with E-state index in [1.165, 1.54) is 16.0 Å². The van der Waals surface area contributed by atoms with Gasteiger partial charge in [0.2, 0.25) is 0 Å². The molecule has 170 valence electrons.